The number of halogens is 2. The number of rotatable bonds is 3. The zero-order valence-electron chi connectivity index (χ0n) is 10.1. The molecule has 5 nitrogen and oxygen atoms in total. The van der Waals surface area contributed by atoms with Gasteiger partial charge >= 0.3 is 0 Å². The number of carbonyl (C=O) groups is 1. The lowest BCUT2D eigenvalue weighted by Gasteiger charge is -2.11. The first-order valence-electron chi connectivity index (χ1n) is 5.47. The van der Waals surface area contributed by atoms with E-state index in [1.165, 1.54) is 0 Å². The van der Waals surface area contributed by atoms with E-state index in [1.807, 2.05) is 0 Å². The van der Waals surface area contributed by atoms with Crippen molar-refractivity contribution in [2.75, 3.05) is 5.32 Å². The number of hydrogen-bond donors (Lipinski definition) is 2. The van der Waals surface area contributed by atoms with Gasteiger partial charge in [-0.25, -0.2) is 0 Å². The molecule has 1 aromatic heterocycles. The summed E-state index contributed by atoms with van der Waals surface area (Å²) in [7, 11) is 1.75. The lowest BCUT2D eigenvalue weighted by atomic mass is 10.1. The Kier molecular flexibility index (Phi) is 4.09. The van der Waals surface area contributed by atoms with Crippen LogP contribution in [0.25, 0.3) is 0 Å². The lowest BCUT2D eigenvalue weighted by Crippen LogP contribution is -2.27. The van der Waals surface area contributed by atoms with E-state index in [4.69, 9.17) is 28.9 Å². The Bertz CT molecular complexity index is 612. The van der Waals surface area contributed by atoms with E-state index in [1.54, 1.807) is 42.3 Å². The standard InChI is InChI=1S/C12H12Cl2N4O/c1-18-6-7(5-16-18)11(15)12(19)17-10-3-2-8(13)4-9(10)14/h2-6,11H,15H2,1H3,(H,17,19). The van der Waals surface area contributed by atoms with Crippen molar-refractivity contribution in [3.63, 3.8) is 0 Å². The van der Waals surface area contributed by atoms with Crippen molar-refractivity contribution in [1.82, 2.24) is 9.78 Å². The van der Waals surface area contributed by atoms with Crippen LogP contribution >= 0.6 is 23.2 Å². The molecule has 100 valence electrons. The number of nitrogens with zero attached hydrogens (tertiary/aromatic N) is 2. The van der Waals surface area contributed by atoms with Crippen LogP contribution in [0.4, 0.5) is 5.69 Å². The quantitative estimate of drug-likeness (QED) is 0.913. The first kappa shape index (κ1) is 13.9. The van der Waals surface area contributed by atoms with Crippen LogP contribution in [0, 0.1) is 0 Å². The zero-order valence-corrected chi connectivity index (χ0v) is 11.6. The highest BCUT2D eigenvalue weighted by Gasteiger charge is 2.18. The van der Waals surface area contributed by atoms with Crippen LogP contribution in [0.1, 0.15) is 11.6 Å². The fraction of sp³-hybridized carbons (Fsp3) is 0.167. The normalized spacial score (nSPS) is 12.2. The highest BCUT2D eigenvalue weighted by atomic mass is 35.5. The van der Waals surface area contributed by atoms with E-state index >= 15 is 0 Å². The second-order valence-corrected chi connectivity index (χ2v) is 4.88. The van der Waals surface area contributed by atoms with Crippen molar-refractivity contribution in [1.29, 1.82) is 0 Å². The Morgan fingerprint density at radius 2 is 2.21 bits per heavy atom. The Labute approximate surface area is 120 Å². The number of nitrogens with one attached hydrogen (secondary N) is 1. The molecule has 0 bridgehead atoms. The fourth-order valence-electron chi connectivity index (χ4n) is 1.55. The van der Waals surface area contributed by atoms with Gasteiger partial charge in [-0.3, -0.25) is 9.48 Å². The number of nitrogens with two attached hydrogens (primary N) is 1. The van der Waals surface area contributed by atoms with Crippen molar-refractivity contribution >= 4 is 34.8 Å². The molecule has 19 heavy (non-hydrogen) atoms. The molecule has 0 spiro atoms. The van der Waals surface area contributed by atoms with Crippen molar-refractivity contribution < 1.29 is 4.79 Å². The number of carbonyl (C=O) groups excluding carboxylic acids is 1. The molecule has 0 saturated carbocycles. The highest BCUT2D eigenvalue weighted by Crippen LogP contribution is 2.26. The van der Waals surface area contributed by atoms with Crippen LogP contribution in [0.2, 0.25) is 10.0 Å². The van der Waals surface area contributed by atoms with Crippen molar-refractivity contribution in [2.24, 2.45) is 12.8 Å². The number of aromatic nitrogens is 2. The molecular weight excluding hydrogens is 287 g/mol. The SMILES string of the molecule is Cn1cc(C(N)C(=O)Nc2ccc(Cl)cc2Cl)cn1. The maximum Gasteiger partial charge on any atom is 0.246 e. The van der Waals surface area contributed by atoms with Gasteiger partial charge in [0.25, 0.3) is 0 Å². The second kappa shape index (κ2) is 5.61. The molecule has 0 aliphatic carbocycles. The summed E-state index contributed by atoms with van der Waals surface area (Å²) in [6.07, 6.45) is 3.24. The summed E-state index contributed by atoms with van der Waals surface area (Å²) in [6, 6.07) is 4.01. The van der Waals surface area contributed by atoms with Crippen molar-refractivity contribution in [2.45, 2.75) is 6.04 Å². The predicted molar refractivity (Wildman–Crippen MR) is 75.2 cm³/mol. The molecule has 2 aromatic rings. The number of benzene rings is 1. The minimum atomic E-state index is -0.805. The molecule has 0 fully saturated rings. The minimum absolute atomic E-state index is 0.360. The third kappa shape index (κ3) is 3.26. The van der Waals surface area contributed by atoms with E-state index < -0.39 is 6.04 Å². The average Bonchev–Trinajstić information content (AvgIpc) is 2.78. The smallest absolute Gasteiger partial charge is 0.246 e. The summed E-state index contributed by atoms with van der Waals surface area (Å²) in [5.41, 5.74) is 6.94. The number of anilines is 1. The summed E-state index contributed by atoms with van der Waals surface area (Å²) in [5, 5.41) is 7.48. The largest absolute Gasteiger partial charge is 0.323 e. The summed E-state index contributed by atoms with van der Waals surface area (Å²) < 4.78 is 1.58. The van der Waals surface area contributed by atoms with E-state index in [9.17, 15) is 4.79 Å². The molecule has 0 radical (unpaired) electrons. The Morgan fingerprint density at radius 3 is 2.79 bits per heavy atom. The Hall–Kier alpha value is -1.56. The third-order valence-electron chi connectivity index (χ3n) is 2.56. The summed E-state index contributed by atoms with van der Waals surface area (Å²) in [4.78, 5) is 12.0. The van der Waals surface area contributed by atoms with Gasteiger partial charge in [-0.2, -0.15) is 5.10 Å². The van der Waals surface area contributed by atoms with E-state index in [0.29, 0.717) is 21.3 Å². The lowest BCUT2D eigenvalue weighted by molar-refractivity contribution is -0.117. The molecule has 1 aromatic carbocycles. The molecule has 1 atom stereocenters. The monoisotopic (exact) mass is 298 g/mol. The van der Waals surface area contributed by atoms with E-state index in [0.717, 1.165) is 0 Å². The fourth-order valence-corrected chi connectivity index (χ4v) is 2.01. The summed E-state index contributed by atoms with van der Waals surface area (Å²) in [5.74, 6) is -0.364. The van der Waals surface area contributed by atoms with Gasteiger partial charge in [0.15, 0.2) is 0 Å². The Morgan fingerprint density at radius 1 is 1.47 bits per heavy atom. The molecule has 2 rings (SSSR count). The van der Waals surface area contributed by atoms with Crippen LogP contribution < -0.4 is 11.1 Å². The van der Waals surface area contributed by atoms with Crippen LogP contribution in [-0.4, -0.2) is 15.7 Å². The molecule has 1 amide bonds. The topological polar surface area (TPSA) is 72.9 Å². The van der Waals surface area contributed by atoms with Crippen molar-refractivity contribution in [3.05, 3.63) is 46.2 Å². The maximum atomic E-state index is 12.0. The van der Waals surface area contributed by atoms with Crippen LogP contribution in [0.5, 0.6) is 0 Å². The van der Waals surface area contributed by atoms with Gasteiger partial charge in [-0.1, -0.05) is 23.2 Å². The second-order valence-electron chi connectivity index (χ2n) is 4.04. The molecule has 1 unspecified atom stereocenters. The predicted octanol–water partition coefficient (Wildman–Crippen LogP) is 2.37. The van der Waals surface area contributed by atoms with Crippen molar-refractivity contribution in [3.8, 4) is 0 Å². The van der Waals surface area contributed by atoms with Crippen LogP contribution in [0.15, 0.2) is 30.6 Å². The Balaban J connectivity index is 2.12. The van der Waals surface area contributed by atoms with Gasteiger partial charge in [-0.05, 0) is 18.2 Å². The van der Waals surface area contributed by atoms with Crippen LogP contribution in [0.3, 0.4) is 0 Å². The highest BCUT2D eigenvalue weighted by molar-refractivity contribution is 6.36. The maximum absolute atomic E-state index is 12.0. The van der Waals surface area contributed by atoms with Crippen LogP contribution in [-0.2, 0) is 11.8 Å². The molecular formula is C12H12Cl2N4O. The molecule has 1 heterocycles. The van der Waals surface area contributed by atoms with Gasteiger partial charge in [0.2, 0.25) is 5.91 Å². The summed E-state index contributed by atoms with van der Waals surface area (Å²) >= 11 is 11.8. The van der Waals surface area contributed by atoms with Gasteiger partial charge in [0.05, 0.1) is 16.9 Å². The zero-order chi connectivity index (χ0) is 14.0. The minimum Gasteiger partial charge on any atom is -0.323 e. The first-order valence-corrected chi connectivity index (χ1v) is 6.23. The van der Waals surface area contributed by atoms with E-state index in [2.05, 4.69) is 10.4 Å². The van der Waals surface area contributed by atoms with Gasteiger partial charge < -0.3 is 11.1 Å². The number of aryl methyl sites for hydroxylation is 1. The molecule has 0 saturated heterocycles. The number of hydrogen-bond acceptors (Lipinski definition) is 3. The summed E-state index contributed by atoms with van der Waals surface area (Å²) in [6.45, 7) is 0. The first-order chi connectivity index (χ1) is 8.97. The van der Waals surface area contributed by atoms with Gasteiger partial charge in [-0.15, -0.1) is 0 Å². The van der Waals surface area contributed by atoms with E-state index in [-0.39, 0.29) is 5.91 Å². The molecule has 7 heteroatoms. The average molecular weight is 299 g/mol. The molecule has 0 aliphatic rings. The third-order valence-corrected chi connectivity index (χ3v) is 3.10. The number of amides is 1. The van der Waals surface area contributed by atoms with Gasteiger partial charge in [0.1, 0.15) is 6.04 Å². The van der Waals surface area contributed by atoms with Gasteiger partial charge in [0, 0.05) is 23.8 Å². The molecule has 0 aliphatic heterocycles. The molecule has 3 N–H and O–H groups in total.